The third kappa shape index (κ3) is 3.84. The Kier molecular flexibility index (Phi) is 5.35. The van der Waals surface area contributed by atoms with Gasteiger partial charge in [0.15, 0.2) is 11.5 Å². The van der Waals surface area contributed by atoms with Gasteiger partial charge in [-0.3, -0.25) is 4.57 Å². The van der Waals surface area contributed by atoms with Gasteiger partial charge in [-0.1, -0.05) is 24.3 Å². The molecule has 0 saturated carbocycles. The van der Waals surface area contributed by atoms with Crippen LogP contribution in [-0.4, -0.2) is 63.2 Å². The molecule has 8 heteroatoms. The third-order valence-corrected chi connectivity index (χ3v) is 7.21. The lowest BCUT2D eigenvalue weighted by Crippen LogP contribution is -2.36. The normalized spacial score (nSPS) is 16.2. The molecular formula is C28H27N7O. The van der Waals surface area contributed by atoms with E-state index in [-0.39, 0.29) is 6.03 Å². The van der Waals surface area contributed by atoms with E-state index in [4.69, 9.17) is 6.57 Å². The average Bonchev–Trinajstić information content (AvgIpc) is 3.63. The summed E-state index contributed by atoms with van der Waals surface area (Å²) in [5.74, 6) is 0.876. The minimum Gasteiger partial charge on any atom is -0.340 e. The second-order valence-corrected chi connectivity index (χ2v) is 9.65. The third-order valence-electron chi connectivity index (χ3n) is 7.21. The molecule has 8 nitrogen and oxygen atoms in total. The average molecular weight is 478 g/mol. The first-order valence-electron chi connectivity index (χ1n) is 12.1. The first kappa shape index (κ1) is 22.1. The zero-order chi connectivity index (χ0) is 24.8. The van der Waals surface area contributed by atoms with E-state index in [1.807, 2.05) is 47.6 Å². The van der Waals surface area contributed by atoms with Crippen LogP contribution in [0.2, 0.25) is 0 Å². The number of hydrogen-bond acceptors (Lipinski definition) is 3. The number of nitrogens with zero attached hydrogens (tertiary/aromatic N) is 6. The van der Waals surface area contributed by atoms with Gasteiger partial charge in [-0.25, -0.2) is 14.6 Å². The van der Waals surface area contributed by atoms with Gasteiger partial charge in [0, 0.05) is 55.5 Å². The topological polar surface area (TPSA) is 62.7 Å². The molecule has 1 fully saturated rings. The van der Waals surface area contributed by atoms with Crippen LogP contribution < -0.4 is 5.32 Å². The van der Waals surface area contributed by atoms with Crippen LogP contribution in [0.1, 0.15) is 12.0 Å². The number of benzene rings is 2. The molecule has 2 aliphatic rings. The maximum atomic E-state index is 12.9. The Balaban J connectivity index is 1.31. The number of urea groups is 1. The van der Waals surface area contributed by atoms with Gasteiger partial charge in [0.25, 0.3) is 0 Å². The summed E-state index contributed by atoms with van der Waals surface area (Å²) in [4.78, 5) is 25.2. The van der Waals surface area contributed by atoms with E-state index in [9.17, 15) is 4.79 Å². The number of anilines is 1. The molecule has 0 bridgehead atoms. The summed E-state index contributed by atoms with van der Waals surface area (Å²) in [5, 5.41) is 3.11. The van der Waals surface area contributed by atoms with Crippen LogP contribution in [0.3, 0.4) is 0 Å². The summed E-state index contributed by atoms with van der Waals surface area (Å²) in [7, 11) is 4.12. The van der Waals surface area contributed by atoms with E-state index in [1.165, 1.54) is 0 Å². The van der Waals surface area contributed by atoms with Crippen LogP contribution in [0.15, 0.2) is 67.1 Å². The SMILES string of the molecule is [C-]#[N+]c1ccc(-c2cc3n(c2)Cc2cc(NC(=O)N4CC[C@@H](N(C)C)C4)ccc2-n2ccnc2-3)cc1. The Morgan fingerprint density at radius 1 is 1.14 bits per heavy atom. The molecule has 6 rings (SSSR count). The standard InChI is InChI=1S/C28H27N7O/c1-29-22-6-4-19(5-7-22)20-15-26-27-30-11-13-35(27)25-9-8-23(14-21(25)17-34(26)16-20)31-28(36)33-12-10-24(18-33)32(2)3/h4-9,11,13-16,24H,10,12,17-18H2,2-3H3,(H,31,36)/t24-/m1/s1. The number of carbonyl (C=O) groups excluding carboxylic acids is 1. The van der Waals surface area contributed by atoms with Gasteiger partial charge in [-0.15, -0.1) is 0 Å². The molecule has 1 N–H and O–H groups in total. The molecule has 0 aliphatic carbocycles. The summed E-state index contributed by atoms with van der Waals surface area (Å²) >= 11 is 0. The number of amides is 2. The van der Waals surface area contributed by atoms with Crippen molar-refractivity contribution in [3.63, 3.8) is 0 Å². The molecule has 1 saturated heterocycles. The highest BCUT2D eigenvalue weighted by molar-refractivity contribution is 5.90. The molecule has 4 heterocycles. The van der Waals surface area contributed by atoms with Crippen molar-refractivity contribution in [2.45, 2.75) is 19.0 Å². The maximum Gasteiger partial charge on any atom is 0.321 e. The van der Waals surface area contributed by atoms with Crippen molar-refractivity contribution in [2.75, 3.05) is 32.5 Å². The van der Waals surface area contributed by atoms with Gasteiger partial charge in [-0.05, 0) is 55.9 Å². The number of hydrogen-bond donors (Lipinski definition) is 1. The monoisotopic (exact) mass is 477 g/mol. The zero-order valence-electron chi connectivity index (χ0n) is 20.3. The number of fused-ring (bicyclic) bond motifs is 5. The van der Waals surface area contributed by atoms with Gasteiger partial charge < -0.3 is 19.7 Å². The van der Waals surface area contributed by atoms with Crippen molar-refractivity contribution in [3.05, 3.63) is 84.1 Å². The number of carbonyl (C=O) groups is 1. The Morgan fingerprint density at radius 3 is 2.72 bits per heavy atom. The molecule has 4 aromatic rings. The molecule has 0 radical (unpaired) electrons. The van der Waals surface area contributed by atoms with Gasteiger partial charge >= 0.3 is 6.03 Å². The molecule has 2 aliphatic heterocycles. The highest BCUT2D eigenvalue weighted by Crippen LogP contribution is 2.35. The second-order valence-electron chi connectivity index (χ2n) is 9.65. The zero-order valence-corrected chi connectivity index (χ0v) is 20.3. The lowest BCUT2D eigenvalue weighted by Gasteiger charge is -2.21. The van der Waals surface area contributed by atoms with Gasteiger partial charge in [-0.2, -0.15) is 0 Å². The molecular weight excluding hydrogens is 450 g/mol. The van der Waals surface area contributed by atoms with Crippen LogP contribution in [0.25, 0.3) is 33.2 Å². The van der Waals surface area contributed by atoms with Crippen molar-refractivity contribution in [1.82, 2.24) is 23.9 Å². The van der Waals surface area contributed by atoms with Crippen molar-refractivity contribution in [2.24, 2.45) is 0 Å². The number of nitrogens with one attached hydrogen (secondary N) is 1. The molecule has 2 aromatic carbocycles. The summed E-state index contributed by atoms with van der Waals surface area (Å²) in [6, 6.07) is 16.2. The van der Waals surface area contributed by atoms with Crippen molar-refractivity contribution in [3.8, 4) is 28.3 Å². The van der Waals surface area contributed by atoms with Crippen molar-refractivity contribution < 1.29 is 4.79 Å². The van der Waals surface area contributed by atoms with Crippen molar-refractivity contribution in [1.29, 1.82) is 0 Å². The molecule has 2 aromatic heterocycles. The Labute approximate surface area is 210 Å². The predicted molar refractivity (Wildman–Crippen MR) is 140 cm³/mol. The molecule has 36 heavy (non-hydrogen) atoms. The van der Waals surface area contributed by atoms with Gasteiger partial charge in [0.05, 0.1) is 18.0 Å². The van der Waals surface area contributed by atoms with Gasteiger partial charge in [0.2, 0.25) is 0 Å². The highest BCUT2D eigenvalue weighted by Gasteiger charge is 2.28. The molecule has 2 amide bonds. The molecule has 1 atom stereocenters. The second kappa shape index (κ2) is 8.70. The first-order chi connectivity index (χ1) is 17.5. The highest BCUT2D eigenvalue weighted by atomic mass is 16.2. The predicted octanol–water partition coefficient (Wildman–Crippen LogP) is 5.09. The van der Waals surface area contributed by atoms with Crippen LogP contribution in [0, 0.1) is 6.57 Å². The smallest absolute Gasteiger partial charge is 0.321 e. The fourth-order valence-electron chi connectivity index (χ4n) is 5.16. The maximum absolute atomic E-state index is 12.9. The van der Waals surface area contributed by atoms with E-state index < -0.39 is 0 Å². The van der Waals surface area contributed by atoms with Crippen LogP contribution in [0.4, 0.5) is 16.2 Å². The van der Waals surface area contributed by atoms with Crippen LogP contribution in [0.5, 0.6) is 0 Å². The summed E-state index contributed by atoms with van der Waals surface area (Å²) in [6.07, 6.45) is 6.92. The van der Waals surface area contributed by atoms with Crippen LogP contribution in [-0.2, 0) is 6.54 Å². The van der Waals surface area contributed by atoms with Crippen LogP contribution >= 0.6 is 0 Å². The summed E-state index contributed by atoms with van der Waals surface area (Å²) in [6.45, 7) is 9.36. The van der Waals surface area contributed by atoms with E-state index in [0.717, 1.165) is 59.1 Å². The molecule has 0 unspecified atom stereocenters. The number of imidazole rings is 1. The fourth-order valence-corrected chi connectivity index (χ4v) is 5.16. The number of likely N-dealkylation sites (N-methyl/N-ethyl adjacent to an activating group) is 1. The Bertz CT molecular complexity index is 1490. The Morgan fingerprint density at radius 2 is 1.97 bits per heavy atom. The van der Waals surface area contributed by atoms with E-state index in [1.54, 1.807) is 0 Å². The largest absolute Gasteiger partial charge is 0.340 e. The number of rotatable bonds is 3. The quantitative estimate of drug-likeness (QED) is 0.368. The molecule has 180 valence electrons. The van der Waals surface area contributed by atoms with E-state index in [0.29, 0.717) is 18.3 Å². The lowest BCUT2D eigenvalue weighted by molar-refractivity contribution is 0.216. The Hall–Kier alpha value is -4.35. The van der Waals surface area contributed by atoms with Crippen molar-refractivity contribution >= 4 is 17.4 Å². The fraction of sp³-hybridized carbons (Fsp3) is 0.250. The molecule has 0 spiro atoms. The number of likely N-dealkylation sites (tertiary alicyclic amines) is 1. The summed E-state index contributed by atoms with van der Waals surface area (Å²) in [5.41, 5.74) is 6.74. The first-order valence-corrected chi connectivity index (χ1v) is 12.1. The lowest BCUT2D eigenvalue weighted by atomic mass is 10.1. The number of aromatic nitrogens is 3. The summed E-state index contributed by atoms with van der Waals surface area (Å²) < 4.78 is 4.31. The van der Waals surface area contributed by atoms with Gasteiger partial charge in [0.1, 0.15) is 0 Å². The minimum atomic E-state index is -0.0527. The van der Waals surface area contributed by atoms with E-state index >= 15 is 0 Å². The minimum absolute atomic E-state index is 0.0527. The van der Waals surface area contributed by atoms with E-state index in [2.05, 4.69) is 67.7 Å².